The van der Waals surface area contributed by atoms with Gasteiger partial charge >= 0.3 is 0 Å². The number of piperazine rings is 1. The fourth-order valence-corrected chi connectivity index (χ4v) is 2.56. The highest BCUT2D eigenvalue weighted by atomic mass is 32.1. The van der Waals surface area contributed by atoms with Crippen molar-refractivity contribution in [2.75, 3.05) is 26.2 Å². The van der Waals surface area contributed by atoms with Gasteiger partial charge in [-0.15, -0.1) is 0 Å². The third kappa shape index (κ3) is 2.93. The van der Waals surface area contributed by atoms with E-state index in [9.17, 15) is 14.9 Å². The first-order valence-electron chi connectivity index (χ1n) is 6.29. The number of carbonyl (C=O) groups is 1. The minimum atomic E-state index is -0.423. The molecule has 1 aliphatic rings. The molecule has 0 N–H and O–H groups in total. The molecule has 106 valence electrons. The summed E-state index contributed by atoms with van der Waals surface area (Å²) < 4.78 is 0. The summed E-state index contributed by atoms with van der Waals surface area (Å²) in [7, 11) is 0. The summed E-state index contributed by atoms with van der Waals surface area (Å²) in [4.78, 5) is 26.0. The lowest BCUT2D eigenvalue weighted by molar-refractivity contribution is -0.385. The third-order valence-corrected chi connectivity index (χ3v) is 3.82. The second-order valence-electron chi connectivity index (χ2n) is 4.57. The van der Waals surface area contributed by atoms with E-state index in [0.29, 0.717) is 36.7 Å². The Balaban J connectivity index is 2.13. The number of nitrogens with zero attached hydrogens (tertiary/aromatic N) is 3. The Morgan fingerprint density at radius 1 is 1.20 bits per heavy atom. The number of hydrogen-bond donors (Lipinski definition) is 0. The monoisotopic (exact) mass is 293 g/mol. The number of para-hydroxylation sites is 1. The standard InChI is InChI=1S/C13H15N3O3S/c1-10(17)14-6-8-15(9-7-14)13(20)11-4-2-3-5-12(11)16(18)19/h2-5H,6-9H2,1H3. The molecule has 0 spiro atoms. The molecule has 2 rings (SSSR count). The minimum Gasteiger partial charge on any atom is -0.359 e. The minimum absolute atomic E-state index is 0.0199. The molecule has 1 fully saturated rings. The number of carbonyl (C=O) groups excluding carboxylic acids is 1. The van der Waals surface area contributed by atoms with E-state index in [0.717, 1.165) is 0 Å². The third-order valence-electron chi connectivity index (χ3n) is 3.34. The zero-order valence-corrected chi connectivity index (χ0v) is 11.9. The number of amides is 1. The van der Waals surface area contributed by atoms with E-state index in [4.69, 9.17) is 12.2 Å². The van der Waals surface area contributed by atoms with Gasteiger partial charge in [0.15, 0.2) is 0 Å². The average molecular weight is 293 g/mol. The quantitative estimate of drug-likeness (QED) is 0.469. The Kier molecular flexibility index (Phi) is 4.29. The molecule has 1 amide bonds. The van der Waals surface area contributed by atoms with Crippen molar-refractivity contribution in [1.82, 2.24) is 9.80 Å². The summed E-state index contributed by atoms with van der Waals surface area (Å²) >= 11 is 5.37. The number of nitro benzene ring substituents is 1. The van der Waals surface area contributed by atoms with Gasteiger partial charge in [-0.3, -0.25) is 14.9 Å². The molecule has 0 bridgehead atoms. The smallest absolute Gasteiger partial charge is 0.279 e. The highest BCUT2D eigenvalue weighted by Crippen LogP contribution is 2.21. The zero-order chi connectivity index (χ0) is 14.7. The first-order valence-corrected chi connectivity index (χ1v) is 6.69. The van der Waals surface area contributed by atoms with Crippen LogP contribution in [0, 0.1) is 10.1 Å². The first kappa shape index (κ1) is 14.4. The van der Waals surface area contributed by atoms with Gasteiger partial charge in [-0.05, 0) is 6.07 Å². The van der Waals surface area contributed by atoms with Crippen molar-refractivity contribution in [2.24, 2.45) is 0 Å². The van der Waals surface area contributed by atoms with Crippen molar-refractivity contribution >= 4 is 28.8 Å². The summed E-state index contributed by atoms with van der Waals surface area (Å²) in [6.07, 6.45) is 0. The van der Waals surface area contributed by atoms with Gasteiger partial charge in [0.1, 0.15) is 4.99 Å². The lowest BCUT2D eigenvalue weighted by atomic mass is 10.1. The van der Waals surface area contributed by atoms with Gasteiger partial charge in [0.2, 0.25) is 5.91 Å². The van der Waals surface area contributed by atoms with Crippen LogP contribution in [0.25, 0.3) is 0 Å². The van der Waals surface area contributed by atoms with Crippen molar-refractivity contribution < 1.29 is 9.72 Å². The number of thiocarbonyl (C=S) groups is 1. The normalized spacial score (nSPS) is 15.1. The van der Waals surface area contributed by atoms with Crippen molar-refractivity contribution in [3.63, 3.8) is 0 Å². The molecule has 0 atom stereocenters. The van der Waals surface area contributed by atoms with Crippen LogP contribution in [0.5, 0.6) is 0 Å². The van der Waals surface area contributed by atoms with Crippen LogP contribution in [0.1, 0.15) is 12.5 Å². The average Bonchev–Trinajstić information content (AvgIpc) is 2.46. The van der Waals surface area contributed by atoms with Gasteiger partial charge in [0.25, 0.3) is 5.69 Å². The van der Waals surface area contributed by atoms with Crippen LogP contribution in [0.2, 0.25) is 0 Å². The molecule has 20 heavy (non-hydrogen) atoms. The van der Waals surface area contributed by atoms with E-state index >= 15 is 0 Å². The zero-order valence-electron chi connectivity index (χ0n) is 11.1. The summed E-state index contributed by atoms with van der Waals surface area (Å²) in [6, 6.07) is 6.48. The summed E-state index contributed by atoms with van der Waals surface area (Å²) in [5.41, 5.74) is 0.482. The molecule has 1 heterocycles. The Labute approximate surface area is 122 Å². The molecule has 1 saturated heterocycles. The van der Waals surface area contributed by atoms with E-state index in [2.05, 4.69) is 0 Å². The molecule has 0 unspecified atom stereocenters. The second-order valence-corrected chi connectivity index (χ2v) is 4.96. The van der Waals surface area contributed by atoms with Gasteiger partial charge in [0, 0.05) is 39.2 Å². The summed E-state index contributed by atoms with van der Waals surface area (Å²) in [5, 5.41) is 11.0. The largest absolute Gasteiger partial charge is 0.359 e. The van der Waals surface area contributed by atoms with Crippen LogP contribution >= 0.6 is 12.2 Å². The predicted octanol–water partition coefficient (Wildman–Crippen LogP) is 1.43. The lowest BCUT2D eigenvalue weighted by Gasteiger charge is -2.35. The van der Waals surface area contributed by atoms with Crippen molar-refractivity contribution in [2.45, 2.75) is 6.92 Å². The Morgan fingerprint density at radius 2 is 1.75 bits per heavy atom. The van der Waals surface area contributed by atoms with Crippen LogP contribution in [0.3, 0.4) is 0 Å². The number of benzene rings is 1. The fraction of sp³-hybridized carbons (Fsp3) is 0.385. The van der Waals surface area contributed by atoms with E-state index in [1.54, 1.807) is 23.1 Å². The van der Waals surface area contributed by atoms with Crippen LogP contribution in [-0.2, 0) is 4.79 Å². The van der Waals surface area contributed by atoms with Crippen molar-refractivity contribution in [1.29, 1.82) is 0 Å². The maximum Gasteiger partial charge on any atom is 0.279 e. The van der Waals surface area contributed by atoms with E-state index < -0.39 is 4.92 Å². The van der Waals surface area contributed by atoms with Crippen LogP contribution in [0.4, 0.5) is 5.69 Å². The van der Waals surface area contributed by atoms with E-state index in [1.807, 2.05) is 4.90 Å². The summed E-state index contributed by atoms with van der Waals surface area (Å²) in [6.45, 7) is 3.93. The molecule has 7 heteroatoms. The molecule has 1 aliphatic heterocycles. The Bertz CT molecular complexity index is 554. The molecular formula is C13H15N3O3S. The molecule has 1 aromatic carbocycles. The molecular weight excluding hydrogens is 278 g/mol. The van der Waals surface area contributed by atoms with Crippen LogP contribution in [0.15, 0.2) is 24.3 Å². The lowest BCUT2D eigenvalue weighted by Crippen LogP contribution is -2.49. The molecule has 0 saturated carbocycles. The number of rotatable bonds is 2. The highest BCUT2D eigenvalue weighted by Gasteiger charge is 2.24. The second kappa shape index (κ2) is 5.96. The molecule has 0 radical (unpaired) electrons. The first-order chi connectivity index (χ1) is 9.50. The van der Waals surface area contributed by atoms with E-state index in [1.165, 1.54) is 13.0 Å². The maximum absolute atomic E-state index is 11.3. The molecule has 0 aliphatic carbocycles. The SMILES string of the molecule is CC(=O)N1CCN(C(=S)c2ccccc2[N+](=O)[O-])CC1. The predicted molar refractivity (Wildman–Crippen MR) is 78.6 cm³/mol. The van der Waals surface area contributed by atoms with Crippen molar-refractivity contribution in [3.8, 4) is 0 Å². The topological polar surface area (TPSA) is 66.7 Å². The van der Waals surface area contributed by atoms with E-state index in [-0.39, 0.29) is 11.6 Å². The van der Waals surface area contributed by atoms with Crippen molar-refractivity contribution in [3.05, 3.63) is 39.9 Å². The van der Waals surface area contributed by atoms with Gasteiger partial charge in [-0.2, -0.15) is 0 Å². The maximum atomic E-state index is 11.3. The van der Waals surface area contributed by atoms with Crippen LogP contribution < -0.4 is 0 Å². The number of nitro groups is 1. The number of hydrogen-bond acceptors (Lipinski definition) is 4. The summed E-state index contributed by atoms with van der Waals surface area (Å²) in [5.74, 6) is 0.0428. The van der Waals surface area contributed by atoms with Crippen LogP contribution in [-0.4, -0.2) is 51.8 Å². The highest BCUT2D eigenvalue weighted by molar-refractivity contribution is 7.80. The van der Waals surface area contributed by atoms with Gasteiger partial charge < -0.3 is 9.80 Å². The Hall–Kier alpha value is -2.02. The van der Waals surface area contributed by atoms with Gasteiger partial charge in [0.05, 0.1) is 10.5 Å². The molecule has 6 nitrogen and oxygen atoms in total. The molecule has 0 aromatic heterocycles. The molecule has 1 aromatic rings. The van der Waals surface area contributed by atoms with Gasteiger partial charge in [-0.25, -0.2) is 0 Å². The Morgan fingerprint density at radius 3 is 2.30 bits per heavy atom. The van der Waals surface area contributed by atoms with Gasteiger partial charge in [-0.1, -0.05) is 24.4 Å². The fourth-order valence-electron chi connectivity index (χ4n) is 2.21.